The van der Waals surface area contributed by atoms with Gasteiger partial charge in [0.25, 0.3) is 5.91 Å². The third kappa shape index (κ3) is 3.42. The van der Waals surface area contributed by atoms with Gasteiger partial charge in [0.05, 0.1) is 10.6 Å². The number of carbonyl (C=O) groups excluding carboxylic acids is 1. The summed E-state index contributed by atoms with van der Waals surface area (Å²) in [6.45, 7) is 3.05. The first-order chi connectivity index (χ1) is 7.69. The summed E-state index contributed by atoms with van der Waals surface area (Å²) in [4.78, 5) is 11.5. The van der Waals surface area contributed by atoms with Crippen LogP contribution in [0.5, 0.6) is 0 Å². The van der Waals surface area contributed by atoms with Crippen molar-refractivity contribution >= 4 is 23.2 Å². The molecule has 1 amide bonds. The summed E-state index contributed by atoms with van der Waals surface area (Å²) in [7, 11) is 1.59. The van der Waals surface area contributed by atoms with E-state index < -0.39 is 0 Å². The molecule has 1 aromatic rings. The molecule has 0 unspecified atom stereocenters. The molecule has 0 atom stereocenters. The summed E-state index contributed by atoms with van der Waals surface area (Å²) in [5, 5.41) is 6.29. The van der Waals surface area contributed by atoms with Gasteiger partial charge in [0.15, 0.2) is 0 Å². The zero-order valence-corrected chi connectivity index (χ0v) is 10.4. The summed E-state index contributed by atoms with van der Waals surface area (Å²) >= 11 is 5.94. The van der Waals surface area contributed by atoms with Crippen LogP contribution in [-0.4, -0.2) is 19.5 Å². The summed E-state index contributed by atoms with van der Waals surface area (Å²) in [6.07, 6.45) is 2.25. The molecule has 16 heavy (non-hydrogen) atoms. The van der Waals surface area contributed by atoms with E-state index in [4.69, 9.17) is 11.6 Å². The Labute approximate surface area is 101 Å². The number of unbranched alkanes of at least 4 members (excludes halogenated alkanes) is 1. The van der Waals surface area contributed by atoms with E-state index in [1.165, 1.54) is 0 Å². The molecule has 1 rings (SSSR count). The highest BCUT2D eigenvalue weighted by molar-refractivity contribution is 6.34. The van der Waals surface area contributed by atoms with E-state index in [0.29, 0.717) is 10.6 Å². The minimum absolute atomic E-state index is 0.163. The monoisotopic (exact) mass is 240 g/mol. The van der Waals surface area contributed by atoms with Crippen LogP contribution in [0.15, 0.2) is 18.2 Å². The quantitative estimate of drug-likeness (QED) is 0.777. The normalized spacial score (nSPS) is 9.94. The molecule has 3 nitrogen and oxygen atoms in total. The molecule has 88 valence electrons. The van der Waals surface area contributed by atoms with Crippen LogP contribution in [0.4, 0.5) is 5.69 Å². The van der Waals surface area contributed by atoms with Crippen LogP contribution in [0.2, 0.25) is 5.02 Å². The van der Waals surface area contributed by atoms with Crippen molar-refractivity contribution in [2.45, 2.75) is 19.8 Å². The Balaban J connectivity index is 2.77. The molecule has 4 heteroatoms. The second-order valence-electron chi connectivity index (χ2n) is 3.55. The zero-order valence-electron chi connectivity index (χ0n) is 9.64. The number of anilines is 1. The second kappa shape index (κ2) is 6.38. The van der Waals surface area contributed by atoms with E-state index >= 15 is 0 Å². The van der Waals surface area contributed by atoms with Crippen molar-refractivity contribution in [1.82, 2.24) is 5.32 Å². The number of halogens is 1. The largest absolute Gasteiger partial charge is 0.385 e. The topological polar surface area (TPSA) is 41.1 Å². The third-order valence-electron chi connectivity index (χ3n) is 2.30. The number of benzene rings is 1. The van der Waals surface area contributed by atoms with E-state index in [2.05, 4.69) is 17.6 Å². The summed E-state index contributed by atoms with van der Waals surface area (Å²) < 4.78 is 0. The van der Waals surface area contributed by atoms with E-state index in [9.17, 15) is 4.79 Å². The average molecular weight is 241 g/mol. The Morgan fingerprint density at radius 3 is 2.81 bits per heavy atom. The van der Waals surface area contributed by atoms with Crippen molar-refractivity contribution in [2.75, 3.05) is 18.9 Å². The van der Waals surface area contributed by atoms with E-state index in [1.807, 2.05) is 6.07 Å². The van der Waals surface area contributed by atoms with Gasteiger partial charge in [0.1, 0.15) is 0 Å². The van der Waals surface area contributed by atoms with Gasteiger partial charge in [-0.3, -0.25) is 4.79 Å². The number of nitrogens with one attached hydrogen (secondary N) is 2. The van der Waals surface area contributed by atoms with Crippen LogP contribution in [0.1, 0.15) is 30.1 Å². The van der Waals surface area contributed by atoms with Crippen LogP contribution in [0.3, 0.4) is 0 Å². The summed E-state index contributed by atoms with van der Waals surface area (Å²) in [6, 6.07) is 5.39. The van der Waals surface area contributed by atoms with E-state index in [1.54, 1.807) is 19.2 Å². The maximum absolute atomic E-state index is 11.5. The molecule has 0 heterocycles. The van der Waals surface area contributed by atoms with Crippen LogP contribution in [0, 0.1) is 0 Å². The maximum atomic E-state index is 11.5. The van der Waals surface area contributed by atoms with Gasteiger partial charge >= 0.3 is 0 Å². The molecular formula is C12H17ClN2O. The molecule has 2 N–H and O–H groups in total. The maximum Gasteiger partial charge on any atom is 0.252 e. The van der Waals surface area contributed by atoms with Gasteiger partial charge in [-0.1, -0.05) is 24.9 Å². The predicted molar refractivity (Wildman–Crippen MR) is 68.2 cm³/mol. The van der Waals surface area contributed by atoms with Gasteiger partial charge in [0, 0.05) is 19.3 Å². The fourth-order valence-electron chi connectivity index (χ4n) is 1.35. The third-order valence-corrected chi connectivity index (χ3v) is 2.63. The van der Waals surface area contributed by atoms with Gasteiger partial charge in [-0.05, 0) is 24.6 Å². The van der Waals surface area contributed by atoms with Gasteiger partial charge in [0.2, 0.25) is 0 Å². The minimum atomic E-state index is -0.163. The first-order valence-corrected chi connectivity index (χ1v) is 5.82. The molecule has 0 spiro atoms. The van der Waals surface area contributed by atoms with Crippen molar-refractivity contribution in [2.24, 2.45) is 0 Å². The first kappa shape index (κ1) is 12.8. The Morgan fingerprint density at radius 1 is 1.44 bits per heavy atom. The van der Waals surface area contributed by atoms with Crippen LogP contribution >= 0.6 is 11.6 Å². The molecule has 0 aromatic heterocycles. The van der Waals surface area contributed by atoms with Gasteiger partial charge in [-0.2, -0.15) is 0 Å². The first-order valence-electron chi connectivity index (χ1n) is 5.44. The Morgan fingerprint density at radius 2 is 2.19 bits per heavy atom. The fourth-order valence-corrected chi connectivity index (χ4v) is 1.56. The van der Waals surface area contributed by atoms with E-state index in [0.717, 1.165) is 25.1 Å². The lowest BCUT2D eigenvalue weighted by atomic mass is 10.2. The van der Waals surface area contributed by atoms with Crippen molar-refractivity contribution in [3.05, 3.63) is 28.8 Å². The number of amides is 1. The molecule has 0 saturated heterocycles. The Bertz CT molecular complexity index is 366. The highest BCUT2D eigenvalue weighted by Crippen LogP contribution is 2.20. The lowest BCUT2D eigenvalue weighted by Crippen LogP contribution is -2.18. The molecule has 0 radical (unpaired) electrons. The van der Waals surface area contributed by atoms with Gasteiger partial charge < -0.3 is 10.6 Å². The molecule has 0 aliphatic heterocycles. The van der Waals surface area contributed by atoms with Gasteiger partial charge in [-0.15, -0.1) is 0 Å². The zero-order chi connectivity index (χ0) is 12.0. The molecule has 0 aliphatic rings. The van der Waals surface area contributed by atoms with Crippen molar-refractivity contribution < 1.29 is 4.79 Å². The average Bonchev–Trinajstić information content (AvgIpc) is 2.30. The SMILES string of the molecule is CCCCNc1ccc(Cl)c(C(=O)NC)c1. The standard InChI is InChI=1S/C12H17ClN2O/c1-3-4-7-15-9-5-6-11(13)10(8-9)12(16)14-2/h5-6,8,15H,3-4,7H2,1-2H3,(H,14,16). The van der Waals surface area contributed by atoms with Crippen LogP contribution < -0.4 is 10.6 Å². The smallest absolute Gasteiger partial charge is 0.252 e. The molecular weight excluding hydrogens is 224 g/mol. The number of hydrogen-bond acceptors (Lipinski definition) is 2. The van der Waals surface area contributed by atoms with Crippen molar-refractivity contribution in [3.63, 3.8) is 0 Å². The molecule has 0 aliphatic carbocycles. The van der Waals surface area contributed by atoms with Crippen LogP contribution in [0.25, 0.3) is 0 Å². The molecule has 0 saturated carbocycles. The fraction of sp³-hybridized carbons (Fsp3) is 0.417. The van der Waals surface area contributed by atoms with Crippen molar-refractivity contribution in [3.8, 4) is 0 Å². The van der Waals surface area contributed by atoms with Crippen LogP contribution in [-0.2, 0) is 0 Å². The van der Waals surface area contributed by atoms with Crippen molar-refractivity contribution in [1.29, 1.82) is 0 Å². The summed E-state index contributed by atoms with van der Waals surface area (Å²) in [5.41, 5.74) is 1.43. The number of hydrogen-bond donors (Lipinski definition) is 2. The highest BCUT2D eigenvalue weighted by Gasteiger charge is 2.08. The lowest BCUT2D eigenvalue weighted by Gasteiger charge is -2.08. The lowest BCUT2D eigenvalue weighted by molar-refractivity contribution is 0.0963. The number of carbonyl (C=O) groups is 1. The molecule has 0 bridgehead atoms. The highest BCUT2D eigenvalue weighted by atomic mass is 35.5. The van der Waals surface area contributed by atoms with E-state index in [-0.39, 0.29) is 5.91 Å². The molecule has 1 aromatic carbocycles. The molecule has 0 fully saturated rings. The minimum Gasteiger partial charge on any atom is -0.385 e. The Kier molecular flexibility index (Phi) is 5.12. The Hall–Kier alpha value is -1.22. The summed E-state index contributed by atoms with van der Waals surface area (Å²) in [5.74, 6) is -0.163. The van der Waals surface area contributed by atoms with Gasteiger partial charge in [-0.25, -0.2) is 0 Å². The predicted octanol–water partition coefficient (Wildman–Crippen LogP) is 2.91. The second-order valence-corrected chi connectivity index (χ2v) is 3.96. The number of rotatable bonds is 5.